The molecule has 2 saturated carbocycles. The lowest BCUT2D eigenvalue weighted by atomic mass is 9.67. The van der Waals surface area contributed by atoms with Crippen LogP contribution in [0.15, 0.2) is 158 Å². The number of benzene rings is 6. The molecule has 0 amide bonds. The van der Waals surface area contributed by atoms with Crippen molar-refractivity contribution in [3.05, 3.63) is 180 Å². The maximum atomic E-state index is 11.3. The van der Waals surface area contributed by atoms with Gasteiger partial charge in [0.2, 0.25) is 0 Å². The lowest BCUT2D eigenvalue weighted by Gasteiger charge is -2.36. The molecule has 0 atom stereocenters. The lowest BCUT2D eigenvalue weighted by Crippen LogP contribution is -2.28. The first-order valence-corrected chi connectivity index (χ1v) is 26.7. The normalized spacial score (nSPS) is 16.5. The second-order valence-corrected chi connectivity index (χ2v) is 19.5. The van der Waals surface area contributed by atoms with E-state index in [0.717, 1.165) is 31.4 Å². The summed E-state index contributed by atoms with van der Waals surface area (Å²) < 4.78 is 20.6. The van der Waals surface area contributed by atoms with Gasteiger partial charge in [0, 0.05) is 17.8 Å². The van der Waals surface area contributed by atoms with Crippen molar-refractivity contribution in [1.29, 1.82) is 0 Å². The van der Waals surface area contributed by atoms with E-state index < -0.39 is 6.16 Å². The van der Waals surface area contributed by atoms with Crippen molar-refractivity contribution in [1.82, 2.24) is 0 Å². The molecule has 0 spiro atoms. The number of aromatic hydroxyl groups is 2. The van der Waals surface area contributed by atoms with Crippen molar-refractivity contribution in [2.45, 2.75) is 159 Å². The summed E-state index contributed by atoms with van der Waals surface area (Å²) >= 11 is 0. The highest BCUT2D eigenvalue weighted by atomic mass is 16.7. The Morgan fingerprint density at radius 2 is 0.611 bits per heavy atom. The fourth-order valence-corrected chi connectivity index (χ4v) is 10.6. The Bertz CT molecular complexity index is 2320. The molecule has 2 N–H and O–H groups in total. The van der Waals surface area contributed by atoms with Gasteiger partial charge >= 0.3 is 12.1 Å². The van der Waals surface area contributed by atoms with E-state index in [1.54, 1.807) is 55.6 Å². The topological polar surface area (TPSA) is 112 Å². The van der Waals surface area contributed by atoms with Crippen LogP contribution in [0.2, 0.25) is 0 Å². The monoisotopic (exact) mass is 975 g/mol. The Balaban J connectivity index is 0.000000184. The van der Waals surface area contributed by atoms with Crippen molar-refractivity contribution in [3.63, 3.8) is 0 Å². The van der Waals surface area contributed by atoms with Crippen molar-refractivity contribution >= 4 is 12.1 Å². The van der Waals surface area contributed by atoms with Crippen LogP contribution in [0.25, 0.3) is 0 Å². The third-order valence-corrected chi connectivity index (χ3v) is 14.5. The van der Waals surface area contributed by atoms with Gasteiger partial charge in [0.25, 0.3) is 0 Å². The fraction of sp³-hybridized carbons (Fsp3) is 0.406. The molecule has 0 unspecified atom stereocenters. The van der Waals surface area contributed by atoms with E-state index in [9.17, 15) is 19.8 Å². The van der Waals surface area contributed by atoms with Gasteiger partial charge in [-0.2, -0.15) is 0 Å². The van der Waals surface area contributed by atoms with Gasteiger partial charge in [-0.05, 0) is 121 Å². The first kappa shape index (κ1) is 54.8. The number of esters is 1. The summed E-state index contributed by atoms with van der Waals surface area (Å²) in [6.45, 7) is 1.44. The molecule has 0 aromatic heterocycles. The molecule has 0 aliphatic heterocycles. The second kappa shape index (κ2) is 29.7. The molecule has 72 heavy (non-hydrogen) atoms. The van der Waals surface area contributed by atoms with Crippen LogP contribution in [0.5, 0.6) is 34.5 Å². The number of para-hydroxylation sites is 2. The summed E-state index contributed by atoms with van der Waals surface area (Å²) in [6, 6.07) is 50.0. The fourth-order valence-electron chi connectivity index (χ4n) is 10.6. The third kappa shape index (κ3) is 17.3. The molecule has 0 heterocycles. The van der Waals surface area contributed by atoms with E-state index in [0.29, 0.717) is 28.7 Å². The first-order chi connectivity index (χ1) is 35.2. The van der Waals surface area contributed by atoms with E-state index in [4.69, 9.17) is 18.9 Å². The van der Waals surface area contributed by atoms with E-state index in [-0.39, 0.29) is 16.8 Å². The summed E-state index contributed by atoms with van der Waals surface area (Å²) in [4.78, 5) is 22.7. The number of phenols is 2. The number of methoxy groups -OCH3 is 1. The zero-order valence-corrected chi connectivity index (χ0v) is 42.9. The molecule has 6 aromatic rings. The molecular weight excluding hydrogens is 897 g/mol. The zero-order chi connectivity index (χ0) is 50.7. The van der Waals surface area contributed by atoms with Gasteiger partial charge in [-0.3, -0.25) is 4.79 Å². The number of ether oxygens (including phenoxy) is 4. The van der Waals surface area contributed by atoms with E-state index >= 15 is 0 Å². The number of rotatable bonds is 8. The summed E-state index contributed by atoms with van der Waals surface area (Å²) in [7, 11) is 1.72. The number of hydrogen-bond acceptors (Lipinski definition) is 8. The largest absolute Gasteiger partial charge is 0.519 e. The number of phenolic OH excluding ortho intramolecular Hbond substituents is 2. The van der Waals surface area contributed by atoms with Crippen LogP contribution in [0.3, 0.4) is 0 Å². The van der Waals surface area contributed by atoms with Crippen LogP contribution in [0.4, 0.5) is 4.79 Å². The maximum absolute atomic E-state index is 11.3. The van der Waals surface area contributed by atoms with Gasteiger partial charge < -0.3 is 29.2 Å². The standard InChI is InChI=1S/C27H36O3.C24H32O2.C13H10O3/c1-22(28)30-26-18-14-24(15-19-26)27(23-12-16-25(29-2)17-13-23)20-10-8-6-4-3-5-7-9-11-21-27;25-22-14-10-20(11-15-22)24(21-12-16-23(26)17-13-21)18-8-6-4-2-1-3-5-7-9-19-24;14-13(15-11-7-3-1-4-8-11)16-12-9-5-2-6-10-12/h12-19H,3-11,20-21H2,1-2H3;10-17,25-26H,1-9,18-19H2;1-10H. The SMILES string of the molecule is COc1ccc(C2(c3ccc(OC(C)=O)cc3)CCCCCCCCCCC2)cc1.O=C(Oc1ccccc1)Oc1ccccc1.Oc1ccc(C2(c3ccc(O)cc3)CCCCCCCCCCC2)cc1. The lowest BCUT2D eigenvalue weighted by molar-refractivity contribution is -0.131. The molecule has 0 bridgehead atoms. The van der Waals surface area contributed by atoms with Crippen molar-refractivity contribution < 1.29 is 38.7 Å². The van der Waals surface area contributed by atoms with E-state index in [1.165, 1.54) is 145 Å². The van der Waals surface area contributed by atoms with Crippen LogP contribution < -0.4 is 18.9 Å². The Labute approximate surface area is 429 Å². The number of hydrogen-bond donors (Lipinski definition) is 2. The molecule has 0 saturated heterocycles. The Kier molecular flexibility index (Phi) is 22.6. The molecule has 2 aliphatic rings. The molecule has 0 radical (unpaired) electrons. The minimum atomic E-state index is -0.739. The quantitative estimate of drug-likeness (QED) is 0.0881. The average Bonchev–Trinajstić information content (AvgIpc) is 3.39. The predicted molar refractivity (Wildman–Crippen MR) is 290 cm³/mol. The minimum Gasteiger partial charge on any atom is -0.508 e. The molecule has 8 heteroatoms. The van der Waals surface area contributed by atoms with Gasteiger partial charge in [0.05, 0.1) is 7.11 Å². The Morgan fingerprint density at radius 3 is 0.903 bits per heavy atom. The molecule has 8 nitrogen and oxygen atoms in total. The van der Waals surface area contributed by atoms with Crippen LogP contribution in [-0.4, -0.2) is 29.4 Å². The highest BCUT2D eigenvalue weighted by Crippen LogP contribution is 2.45. The highest BCUT2D eigenvalue weighted by molar-refractivity contribution is 5.69. The molecule has 2 aliphatic carbocycles. The van der Waals surface area contributed by atoms with Crippen molar-refractivity contribution in [2.75, 3.05) is 7.11 Å². The number of carbonyl (C=O) groups excluding carboxylic acids is 2. The summed E-state index contributed by atoms with van der Waals surface area (Å²) in [5, 5.41) is 19.5. The first-order valence-electron chi connectivity index (χ1n) is 26.7. The Hall–Kier alpha value is -6.54. The molecular formula is C64H78O8. The van der Waals surface area contributed by atoms with Gasteiger partial charge in [-0.15, -0.1) is 0 Å². The smallest absolute Gasteiger partial charge is 0.508 e. The zero-order valence-electron chi connectivity index (χ0n) is 42.9. The average molecular weight is 975 g/mol. The summed E-state index contributed by atoms with van der Waals surface area (Å²) in [5.74, 6) is 2.80. The molecule has 8 rings (SSSR count). The van der Waals surface area contributed by atoms with Crippen LogP contribution in [-0.2, 0) is 15.6 Å². The van der Waals surface area contributed by atoms with Crippen molar-refractivity contribution in [3.8, 4) is 34.5 Å². The van der Waals surface area contributed by atoms with Crippen LogP contribution in [0, 0.1) is 0 Å². The predicted octanol–water partition coefficient (Wildman–Crippen LogP) is 17.2. The number of carbonyl (C=O) groups is 2. The third-order valence-electron chi connectivity index (χ3n) is 14.5. The molecule has 6 aromatic carbocycles. The molecule has 382 valence electrons. The van der Waals surface area contributed by atoms with Gasteiger partial charge in [0.1, 0.15) is 34.5 Å². The van der Waals surface area contributed by atoms with Crippen LogP contribution in [0.1, 0.15) is 170 Å². The van der Waals surface area contributed by atoms with Crippen LogP contribution >= 0.6 is 0 Å². The summed E-state index contributed by atoms with van der Waals surface area (Å²) in [6.07, 6.45) is 27.5. The maximum Gasteiger partial charge on any atom is 0.519 e. The summed E-state index contributed by atoms with van der Waals surface area (Å²) in [5.41, 5.74) is 5.22. The molecule has 2 fully saturated rings. The van der Waals surface area contributed by atoms with Gasteiger partial charge in [-0.1, -0.05) is 201 Å². The van der Waals surface area contributed by atoms with E-state index in [1.807, 2.05) is 48.5 Å². The van der Waals surface area contributed by atoms with E-state index in [2.05, 4.69) is 60.7 Å². The Morgan fingerprint density at radius 1 is 0.347 bits per heavy atom. The highest BCUT2D eigenvalue weighted by Gasteiger charge is 2.35. The van der Waals surface area contributed by atoms with Crippen molar-refractivity contribution in [2.24, 2.45) is 0 Å². The van der Waals surface area contributed by atoms with Gasteiger partial charge in [-0.25, -0.2) is 4.79 Å². The second-order valence-electron chi connectivity index (χ2n) is 19.5. The minimum absolute atomic E-state index is 0.0137. The van der Waals surface area contributed by atoms with Gasteiger partial charge in [0.15, 0.2) is 0 Å².